The average molecular weight is 433 g/mol. The van der Waals surface area contributed by atoms with Gasteiger partial charge in [-0.1, -0.05) is 84.4 Å². The van der Waals surface area contributed by atoms with Gasteiger partial charge in [0.25, 0.3) is 0 Å². The molecule has 0 bridgehead atoms. The second-order valence-electron chi connectivity index (χ2n) is 8.68. The van der Waals surface area contributed by atoms with Gasteiger partial charge in [-0.2, -0.15) is 0 Å². The molecule has 0 fully saturated rings. The molecule has 0 spiro atoms. The Morgan fingerprint density at radius 3 is 2.36 bits per heavy atom. The van der Waals surface area contributed by atoms with Crippen LogP contribution in [0.1, 0.15) is 33.9 Å². The van der Waals surface area contributed by atoms with Crippen molar-refractivity contribution in [2.24, 2.45) is 4.99 Å². The summed E-state index contributed by atoms with van der Waals surface area (Å²) in [4.78, 5) is 4.96. The van der Waals surface area contributed by atoms with Crippen LogP contribution < -0.4 is 5.32 Å². The summed E-state index contributed by atoms with van der Waals surface area (Å²) < 4.78 is 6.07. The van der Waals surface area contributed by atoms with Crippen molar-refractivity contribution in [3.8, 4) is 0 Å². The van der Waals surface area contributed by atoms with Gasteiger partial charge in [-0.15, -0.1) is 0 Å². The van der Waals surface area contributed by atoms with E-state index >= 15 is 0 Å². The minimum atomic E-state index is 0.0198. The molecular formula is C30H28N2O. The molecule has 3 nitrogen and oxygen atoms in total. The van der Waals surface area contributed by atoms with Crippen LogP contribution in [0.5, 0.6) is 0 Å². The maximum absolute atomic E-state index is 6.07. The first kappa shape index (κ1) is 21.0. The summed E-state index contributed by atoms with van der Waals surface area (Å²) in [5, 5.41) is 6.03. The second kappa shape index (κ2) is 8.95. The summed E-state index contributed by atoms with van der Waals surface area (Å²) in [6.45, 7) is 7.02. The molecule has 0 aromatic heterocycles. The predicted molar refractivity (Wildman–Crippen MR) is 139 cm³/mol. The summed E-state index contributed by atoms with van der Waals surface area (Å²) >= 11 is 0. The molecule has 0 saturated heterocycles. The molecule has 1 atom stereocenters. The quantitative estimate of drug-likeness (QED) is 0.357. The van der Waals surface area contributed by atoms with Crippen LogP contribution >= 0.6 is 0 Å². The maximum Gasteiger partial charge on any atom is 0.211 e. The van der Waals surface area contributed by atoms with Gasteiger partial charge in [0.05, 0.1) is 5.70 Å². The number of aliphatic imine (C=N–C) groups is 1. The highest BCUT2D eigenvalue weighted by Crippen LogP contribution is 2.31. The first-order valence-corrected chi connectivity index (χ1v) is 11.4. The van der Waals surface area contributed by atoms with Gasteiger partial charge in [-0.25, -0.2) is 4.99 Å². The van der Waals surface area contributed by atoms with Gasteiger partial charge in [0.15, 0.2) is 0 Å². The van der Waals surface area contributed by atoms with Gasteiger partial charge in [0.1, 0.15) is 12.6 Å². The van der Waals surface area contributed by atoms with Crippen molar-refractivity contribution in [2.45, 2.75) is 26.8 Å². The standard InChI is InChI=1S/C30H28N2O/c1-20-16-21(2)30(22(3)17-20)28-19-33-29(32-28)18-27(24-11-5-4-6-12-24)31-26-15-9-13-23-10-7-8-14-25(23)26/h4-18,28,31H,19H2,1-3H3. The van der Waals surface area contributed by atoms with E-state index in [1.165, 1.54) is 33.0 Å². The Morgan fingerprint density at radius 2 is 1.58 bits per heavy atom. The number of fused-ring (bicyclic) bond motifs is 1. The van der Waals surface area contributed by atoms with Crippen molar-refractivity contribution < 1.29 is 4.74 Å². The van der Waals surface area contributed by atoms with Crippen molar-refractivity contribution >= 4 is 28.1 Å². The van der Waals surface area contributed by atoms with Crippen molar-refractivity contribution in [1.29, 1.82) is 0 Å². The number of rotatable bonds is 5. The van der Waals surface area contributed by atoms with E-state index in [1.54, 1.807) is 0 Å². The van der Waals surface area contributed by atoms with Crippen LogP contribution in [0.4, 0.5) is 5.69 Å². The summed E-state index contributed by atoms with van der Waals surface area (Å²) in [7, 11) is 0. The van der Waals surface area contributed by atoms with Crippen molar-refractivity contribution in [3.05, 3.63) is 119 Å². The van der Waals surface area contributed by atoms with E-state index in [2.05, 4.69) is 92.8 Å². The number of nitrogens with one attached hydrogen (secondary N) is 1. The van der Waals surface area contributed by atoms with Gasteiger partial charge in [0, 0.05) is 17.1 Å². The smallest absolute Gasteiger partial charge is 0.211 e. The number of nitrogens with zero attached hydrogens (tertiary/aromatic N) is 1. The minimum Gasteiger partial charge on any atom is -0.475 e. The number of anilines is 1. The fraction of sp³-hybridized carbons (Fsp3) is 0.167. The fourth-order valence-electron chi connectivity index (χ4n) is 4.75. The zero-order chi connectivity index (χ0) is 22.8. The molecular weight excluding hydrogens is 404 g/mol. The fourth-order valence-corrected chi connectivity index (χ4v) is 4.75. The lowest BCUT2D eigenvalue weighted by atomic mass is 9.95. The molecule has 1 N–H and O–H groups in total. The van der Waals surface area contributed by atoms with Crippen LogP contribution in [0.25, 0.3) is 16.5 Å². The number of hydrogen-bond acceptors (Lipinski definition) is 3. The van der Waals surface area contributed by atoms with E-state index in [9.17, 15) is 0 Å². The Balaban J connectivity index is 1.53. The van der Waals surface area contributed by atoms with Gasteiger partial charge < -0.3 is 10.1 Å². The SMILES string of the molecule is Cc1cc(C)c(C2COC(C=C(Nc3cccc4ccccc34)c3ccccc3)=N2)c(C)c1. The van der Waals surface area contributed by atoms with Crippen LogP contribution in [0.3, 0.4) is 0 Å². The second-order valence-corrected chi connectivity index (χ2v) is 8.68. The van der Waals surface area contributed by atoms with Crippen LogP contribution in [0.15, 0.2) is 96.0 Å². The predicted octanol–water partition coefficient (Wildman–Crippen LogP) is 7.39. The molecule has 4 aromatic rings. The number of benzene rings is 4. The topological polar surface area (TPSA) is 33.6 Å². The van der Waals surface area contributed by atoms with Crippen LogP contribution in [0, 0.1) is 20.8 Å². The van der Waals surface area contributed by atoms with Crippen molar-refractivity contribution in [3.63, 3.8) is 0 Å². The molecule has 1 unspecified atom stereocenters. The summed E-state index contributed by atoms with van der Waals surface area (Å²) in [5.74, 6) is 0.658. The van der Waals surface area contributed by atoms with E-state index in [4.69, 9.17) is 9.73 Å². The van der Waals surface area contributed by atoms with Crippen LogP contribution in [-0.2, 0) is 4.74 Å². The van der Waals surface area contributed by atoms with Gasteiger partial charge in [-0.05, 0) is 54.5 Å². The molecule has 33 heavy (non-hydrogen) atoms. The lowest BCUT2D eigenvalue weighted by Crippen LogP contribution is -2.04. The number of hydrogen-bond donors (Lipinski definition) is 1. The highest BCUT2D eigenvalue weighted by molar-refractivity contribution is 6.02. The first-order valence-electron chi connectivity index (χ1n) is 11.4. The Kier molecular flexibility index (Phi) is 5.70. The Morgan fingerprint density at radius 1 is 0.879 bits per heavy atom. The lowest BCUT2D eigenvalue weighted by molar-refractivity contribution is 0.320. The van der Waals surface area contributed by atoms with E-state index in [0.29, 0.717) is 12.5 Å². The molecule has 0 amide bonds. The minimum absolute atomic E-state index is 0.0198. The molecule has 1 heterocycles. The van der Waals surface area contributed by atoms with Gasteiger partial charge >= 0.3 is 0 Å². The zero-order valence-electron chi connectivity index (χ0n) is 19.3. The van der Waals surface area contributed by atoms with E-state index in [-0.39, 0.29) is 6.04 Å². The van der Waals surface area contributed by atoms with E-state index in [0.717, 1.165) is 16.9 Å². The monoisotopic (exact) mass is 432 g/mol. The van der Waals surface area contributed by atoms with Crippen molar-refractivity contribution in [2.75, 3.05) is 11.9 Å². The summed E-state index contributed by atoms with van der Waals surface area (Å²) in [6.07, 6.45) is 2.02. The number of ether oxygens (including phenoxy) is 1. The van der Waals surface area contributed by atoms with Gasteiger partial charge in [-0.3, -0.25) is 0 Å². The molecule has 164 valence electrons. The molecule has 0 saturated carbocycles. The van der Waals surface area contributed by atoms with E-state index < -0.39 is 0 Å². The van der Waals surface area contributed by atoms with Crippen LogP contribution in [0.2, 0.25) is 0 Å². The zero-order valence-corrected chi connectivity index (χ0v) is 19.3. The van der Waals surface area contributed by atoms with E-state index in [1.807, 2.05) is 24.3 Å². The molecule has 4 aromatic carbocycles. The van der Waals surface area contributed by atoms with Crippen molar-refractivity contribution in [1.82, 2.24) is 0 Å². The highest BCUT2D eigenvalue weighted by atomic mass is 16.5. The summed E-state index contributed by atoms with van der Waals surface area (Å²) in [6, 6.07) is 29.5. The average Bonchev–Trinajstić information content (AvgIpc) is 3.26. The molecule has 0 aliphatic carbocycles. The Bertz CT molecular complexity index is 1340. The largest absolute Gasteiger partial charge is 0.475 e. The third-order valence-electron chi connectivity index (χ3n) is 6.16. The molecule has 5 rings (SSSR count). The third kappa shape index (κ3) is 4.40. The Labute approximate surface area is 195 Å². The molecule has 0 radical (unpaired) electrons. The molecule has 1 aliphatic heterocycles. The Hall–Kier alpha value is -3.85. The molecule has 1 aliphatic rings. The number of aryl methyl sites for hydroxylation is 3. The van der Waals surface area contributed by atoms with Gasteiger partial charge in [0.2, 0.25) is 5.90 Å². The normalized spacial score (nSPS) is 15.9. The first-order chi connectivity index (χ1) is 16.1. The highest BCUT2D eigenvalue weighted by Gasteiger charge is 2.23. The molecule has 3 heteroatoms. The lowest BCUT2D eigenvalue weighted by Gasteiger charge is -2.14. The van der Waals surface area contributed by atoms with Crippen LogP contribution in [-0.4, -0.2) is 12.5 Å². The summed E-state index contributed by atoms with van der Waals surface area (Å²) in [5.41, 5.74) is 8.20. The third-order valence-corrected chi connectivity index (χ3v) is 6.16. The maximum atomic E-state index is 6.07.